The van der Waals surface area contributed by atoms with E-state index in [9.17, 15) is 4.79 Å². The fourth-order valence-corrected chi connectivity index (χ4v) is 1.39. The Morgan fingerprint density at radius 3 is 2.87 bits per heavy atom. The average Bonchev–Trinajstić information content (AvgIpc) is 2.58. The fourth-order valence-electron chi connectivity index (χ4n) is 1.39. The number of hydrogen-bond donors (Lipinski definition) is 1. The molecule has 0 unspecified atom stereocenters. The minimum atomic E-state index is 0.119. The Morgan fingerprint density at radius 2 is 2.33 bits per heavy atom. The molecule has 1 aromatic heterocycles. The third kappa shape index (κ3) is 3.83. The number of aryl methyl sites for hydroxylation is 1. The van der Waals surface area contributed by atoms with Crippen LogP contribution in [-0.4, -0.2) is 27.9 Å². The number of Topliss-reactive ketones (excluding diaryl/α,β-unsaturated/α-hetero) is 1. The summed E-state index contributed by atoms with van der Waals surface area (Å²) < 4.78 is 1.76. The Balaban J connectivity index is 2.28. The third-order valence-electron chi connectivity index (χ3n) is 2.20. The van der Waals surface area contributed by atoms with E-state index in [2.05, 4.69) is 24.1 Å². The molecule has 0 saturated heterocycles. The summed E-state index contributed by atoms with van der Waals surface area (Å²) in [6, 6.07) is 0.480. The molecule has 84 valence electrons. The van der Waals surface area contributed by atoms with Gasteiger partial charge in [-0.25, -0.2) is 4.98 Å². The first-order valence-corrected chi connectivity index (χ1v) is 5.35. The number of ketones is 1. The average molecular weight is 209 g/mol. The molecule has 0 atom stereocenters. The number of nitrogens with one attached hydrogen (secondary N) is 1. The van der Waals surface area contributed by atoms with Crippen LogP contribution in [0.3, 0.4) is 0 Å². The molecule has 1 heterocycles. The topological polar surface area (TPSA) is 46.9 Å². The highest BCUT2D eigenvalue weighted by Crippen LogP contribution is 2.01. The molecule has 1 aromatic rings. The number of aromatic nitrogens is 2. The maximum absolute atomic E-state index is 11.7. The van der Waals surface area contributed by atoms with Gasteiger partial charge in [0.25, 0.3) is 0 Å². The lowest BCUT2D eigenvalue weighted by atomic mass is 10.2. The molecule has 0 aliphatic carbocycles. The summed E-state index contributed by atoms with van der Waals surface area (Å²) in [6.07, 6.45) is 4.87. The number of carbonyl (C=O) groups is 1. The van der Waals surface area contributed by atoms with Crippen molar-refractivity contribution >= 4 is 5.78 Å². The largest absolute Gasteiger partial charge is 0.332 e. The highest BCUT2D eigenvalue weighted by molar-refractivity contribution is 5.92. The second kappa shape index (κ2) is 5.66. The first-order valence-electron chi connectivity index (χ1n) is 5.35. The summed E-state index contributed by atoms with van der Waals surface area (Å²) in [7, 11) is 1.84. The molecule has 0 amide bonds. The molecule has 0 bridgehead atoms. The maximum Gasteiger partial charge on any atom is 0.198 e. The van der Waals surface area contributed by atoms with Crippen LogP contribution >= 0.6 is 0 Å². The van der Waals surface area contributed by atoms with Gasteiger partial charge in [-0.2, -0.15) is 0 Å². The van der Waals surface area contributed by atoms with Crippen molar-refractivity contribution in [2.24, 2.45) is 7.05 Å². The van der Waals surface area contributed by atoms with Gasteiger partial charge in [0.05, 0.1) is 0 Å². The standard InChI is InChI=1S/C11H19N3O/c1-9(2)12-6-4-5-10(15)11-13-7-8-14(11)3/h7-9,12H,4-6H2,1-3H3. The third-order valence-corrected chi connectivity index (χ3v) is 2.20. The van der Waals surface area contributed by atoms with Crippen LogP contribution in [0.15, 0.2) is 12.4 Å². The molecule has 1 N–H and O–H groups in total. The van der Waals surface area contributed by atoms with Crippen LogP contribution in [0.25, 0.3) is 0 Å². The van der Waals surface area contributed by atoms with Crippen molar-refractivity contribution in [1.82, 2.24) is 14.9 Å². The summed E-state index contributed by atoms with van der Waals surface area (Å²) in [5, 5.41) is 3.28. The molecule has 4 heteroatoms. The molecule has 0 aromatic carbocycles. The molecule has 4 nitrogen and oxygen atoms in total. The van der Waals surface area contributed by atoms with Gasteiger partial charge in [-0.15, -0.1) is 0 Å². The summed E-state index contributed by atoms with van der Waals surface area (Å²) in [5.41, 5.74) is 0. The Hall–Kier alpha value is -1.16. The van der Waals surface area contributed by atoms with Crippen molar-refractivity contribution in [3.05, 3.63) is 18.2 Å². The molecule has 0 radical (unpaired) electrons. The second-order valence-electron chi connectivity index (χ2n) is 4.00. The monoisotopic (exact) mass is 209 g/mol. The molecular formula is C11H19N3O. The maximum atomic E-state index is 11.7. The van der Waals surface area contributed by atoms with E-state index in [1.165, 1.54) is 0 Å². The number of imidazole rings is 1. The van der Waals surface area contributed by atoms with Crippen molar-refractivity contribution in [3.8, 4) is 0 Å². The van der Waals surface area contributed by atoms with Gasteiger partial charge in [0.2, 0.25) is 0 Å². The first kappa shape index (κ1) is 11.9. The highest BCUT2D eigenvalue weighted by Gasteiger charge is 2.09. The molecule has 0 spiro atoms. The number of rotatable bonds is 6. The smallest absolute Gasteiger partial charge is 0.198 e. The molecule has 15 heavy (non-hydrogen) atoms. The summed E-state index contributed by atoms with van der Waals surface area (Å²) in [5.74, 6) is 0.674. The summed E-state index contributed by atoms with van der Waals surface area (Å²) in [6.45, 7) is 5.08. The second-order valence-corrected chi connectivity index (χ2v) is 4.00. The van der Waals surface area contributed by atoms with Crippen molar-refractivity contribution in [2.45, 2.75) is 32.7 Å². The zero-order chi connectivity index (χ0) is 11.3. The van der Waals surface area contributed by atoms with Gasteiger partial charge in [0.1, 0.15) is 0 Å². The zero-order valence-corrected chi connectivity index (χ0v) is 9.66. The van der Waals surface area contributed by atoms with E-state index in [0.29, 0.717) is 18.3 Å². The van der Waals surface area contributed by atoms with E-state index < -0.39 is 0 Å². The van der Waals surface area contributed by atoms with E-state index in [-0.39, 0.29) is 5.78 Å². The zero-order valence-electron chi connectivity index (χ0n) is 9.66. The van der Waals surface area contributed by atoms with Gasteiger partial charge in [-0.05, 0) is 13.0 Å². The quantitative estimate of drug-likeness (QED) is 0.569. The summed E-state index contributed by atoms with van der Waals surface area (Å²) >= 11 is 0. The van der Waals surface area contributed by atoms with Gasteiger partial charge in [-0.3, -0.25) is 4.79 Å². The first-order chi connectivity index (χ1) is 7.11. The lowest BCUT2D eigenvalue weighted by Gasteiger charge is -2.06. The minimum Gasteiger partial charge on any atom is -0.332 e. The van der Waals surface area contributed by atoms with Gasteiger partial charge in [0.15, 0.2) is 11.6 Å². The normalized spacial score (nSPS) is 10.9. The van der Waals surface area contributed by atoms with Crippen LogP contribution in [0.1, 0.15) is 37.3 Å². The molecule has 0 saturated carbocycles. The van der Waals surface area contributed by atoms with Crippen LogP contribution in [-0.2, 0) is 7.05 Å². The molecular weight excluding hydrogens is 190 g/mol. The van der Waals surface area contributed by atoms with E-state index >= 15 is 0 Å². The van der Waals surface area contributed by atoms with E-state index in [4.69, 9.17) is 0 Å². The van der Waals surface area contributed by atoms with Gasteiger partial charge >= 0.3 is 0 Å². The van der Waals surface area contributed by atoms with E-state index in [1.54, 1.807) is 17.0 Å². The van der Waals surface area contributed by atoms with Crippen LogP contribution in [0.4, 0.5) is 0 Å². The predicted molar refractivity (Wildman–Crippen MR) is 59.9 cm³/mol. The Morgan fingerprint density at radius 1 is 1.60 bits per heavy atom. The lowest BCUT2D eigenvalue weighted by Crippen LogP contribution is -2.24. The van der Waals surface area contributed by atoms with Crippen LogP contribution in [0.5, 0.6) is 0 Å². The van der Waals surface area contributed by atoms with Gasteiger partial charge < -0.3 is 9.88 Å². The van der Waals surface area contributed by atoms with Crippen molar-refractivity contribution in [1.29, 1.82) is 0 Å². The van der Waals surface area contributed by atoms with Crippen molar-refractivity contribution < 1.29 is 4.79 Å². The van der Waals surface area contributed by atoms with Gasteiger partial charge in [0, 0.05) is 31.9 Å². The molecule has 1 rings (SSSR count). The van der Waals surface area contributed by atoms with Gasteiger partial charge in [-0.1, -0.05) is 13.8 Å². The SMILES string of the molecule is CC(C)NCCCC(=O)c1nccn1C. The van der Waals surface area contributed by atoms with Crippen LogP contribution in [0.2, 0.25) is 0 Å². The van der Waals surface area contributed by atoms with Crippen molar-refractivity contribution in [3.63, 3.8) is 0 Å². The summed E-state index contributed by atoms with van der Waals surface area (Å²) in [4.78, 5) is 15.7. The Labute approximate surface area is 90.7 Å². The number of carbonyl (C=O) groups excluding carboxylic acids is 1. The van der Waals surface area contributed by atoms with E-state index in [1.807, 2.05) is 7.05 Å². The Bertz CT molecular complexity index is 317. The molecule has 0 aliphatic rings. The van der Waals surface area contributed by atoms with Crippen LogP contribution in [0, 0.1) is 0 Å². The van der Waals surface area contributed by atoms with E-state index in [0.717, 1.165) is 13.0 Å². The molecule has 0 fully saturated rings. The Kier molecular flexibility index (Phi) is 4.49. The highest BCUT2D eigenvalue weighted by atomic mass is 16.1. The lowest BCUT2D eigenvalue weighted by molar-refractivity contribution is 0.0967. The molecule has 0 aliphatic heterocycles. The predicted octanol–water partition coefficient (Wildman–Crippen LogP) is 1.38. The van der Waals surface area contributed by atoms with Crippen molar-refractivity contribution in [2.75, 3.05) is 6.54 Å². The minimum absolute atomic E-state index is 0.119. The number of nitrogens with zero attached hydrogens (tertiary/aromatic N) is 2. The number of hydrogen-bond acceptors (Lipinski definition) is 3. The van der Waals surface area contributed by atoms with Crippen LogP contribution < -0.4 is 5.32 Å². The fraction of sp³-hybridized carbons (Fsp3) is 0.636.